The molecule has 0 unspecified atom stereocenters. The maximum absolute atomic E-state index is 4.69. The Kier molecular flexibility index (Phi) is 3.63. The summed E-state index contributed by atoms with van der Waals surface area (Å²) < 4.78 is 1.95. The molecule has 2 N–H and O–H groups in total. The molecule has 1 aliphatic rings. The third-order valence-corrected chi connectivity index (χ3v) is 4.09. The highest BCUT2D eigenvalue weighted by Gasteiger charge is 2.14. The van der Waals surface area contributed by atoms with Gasteiger partial charge in [-0.3, -0.25) is 14.5 Å². The second-order valence-corrected chi connectivity index (χ2v) is 5.88. The number of nitrogens with zero attached hydrogens (tertiary/aromatic N) is 5. The first kappa shape index (κ1) is 14.1. The number of fused-ring (bicyclic) bond motifs is 1. The highest BCUT2D eigenvalue weighted by molar-refractivity contribution is 5.76. The van der Waals surface area contributed by atoms with E-state index in [1.807, 2.05) is 17.6 Å². The SMILES string of the molecule is Cc1cc2c(cn1)ncn2-c1cncc(N[C@@H]2CCCNC2)n1. The highest BCUT2D eigenvalue weighted by Crippen LogP contribution is 2.18. The number of aryl methyl sites for hydroxylation is 1. The van der Waals surface area contributed by atoms with Gasteiger partial charge in [0, 0.05) is 18.3 Å². The van der Waals surface area contributed by atoms with Crippen molar-refractivity contribution in [1.82, 2.24) is 29.8 Å². The number of hydrogen-bond donors (Lipinski definition) is 2. The molecule has 0 saturated carbocycles. The van der Waals surface area contributed by atoms with E-state index in [9.17, 15) is 0 Å². The molecule has 23 heavy (non-hydrogen) atoms. The third-order valence-electron chi connectivity index (χ3n) is 4.09. The van der Waals surface area contributed by atoms with Crippen LogP contribution >= 0.6 is 0 Å². The van der Waals surface area contributed by atoms with Crippen molar-refractivity contribution in [2.75, 3.05) is 18.4 Å². The fourth-order valence-electron chi connectivity index (χ4n) is 2.92. The first-order chi connectivity index (χ1) is 11.3. The minimum atomic E-state index is 0.402. The van der Waals surface area contributed by atoms with Gasteiger partial charge in [-0.25, -0.2) is 9.97 Å². The van der Waals surface area contributed by atoms with E-state index in [-0.39, 0.29) is 0 Å². The molecule has 1 aliphatic heterocycles. The molecule has 1 atom stereocenters. The molecule has 118 valence electrons. The summed E-state index contributed by atoms with van der Waals surface area (Å²) in [5, 5.41) is 6.86. The van der Waals surface area contributed by atoms with Crippen LogP contribution in [0.1, 0.15) is 18.5 Å². The number of rotatable bonds is 3. The van der Waals surface area contributed by atoms with Crippen molar-refractivity contribution >= 4 is 16.9 Å². The van der Waals surface area contributed by atoms with E-state index >= 15 is 0 Å². The van der Waals surface area contributed by atoms with E-state index in [0.717, 1.165) is 47.9 Å². The number of anilines is 1. The Bertz CT molecular complexity index is 820. The Morgan fingerprint density at radius 2 is 2.22 bits per heavy atom. The zero-order valence-corrected chi connectivity index (χ0v) is 13.0. The van der Waals surface area contributed by atoms with E-state index in [1.165, 1.54) is 6.42 Å². The first-order valence-corrected chi connectivity index (χ1v) is 7.89. The topological polar surface area (TPSA) is 80.5 Å². The zero-order valence-electron chi connectivity index (χ0n) is 13.0. The Hall–Kier alpha value is -2.54. The molecule has 1 fully saturated rings. The lowest BCUT2D eigenvalue weighted by molar-refractivity contribution is 0.479. The van der Waals surface area contributed by atoms with E-state index in [0.29, 0.717) is 6.04 Å². The highest BCUT2D eigenvalue weighted by atomic mass is 15.2. The molecule has 3 aromatic heterocycles. The summed E-state index contributed by atoms with van der Waals surface area (Å²) in [6, 6.07) is 2.41. The Morgan fingerprint density at radius 3 is 3.09 bits per heavy atom. The molecule has 1 saturated heterocycles. The van der Waals surface area contributed by atoms with Crippen LogP contribution in [0.5, 0.6) is 0 Å². The lowest BCUT2D eigenvalue weighted by Gasteiger charge is -2.24. The van der Waals surface area contributed by atoms with Crippen molar-refractivity contribution in [3.05, 3.63) is 36.7 Å². The summed E-state index contributed by atoms with van der Waals surface area (Å²) >= 11 is 0. The smallest absolute Gasteiger partial charge is 0.159 e. The minimum Gasteiger partial charge on any atom is -0.365 e. The van der Waals surface area contributed by atoms with Gasteiger partial charge in [0.2, 0.25) is 0 Å². The normalized spacial score (nSPS) is 18.2. The minimum absolute atomic E-state index is 0.402. The van der Waals surface area contributed by atoms with Gasteiger partial charge in [0.15, 0.2) is 5.82 Å². The quantitative estimate of drug-likeness (QED) is 0.766. The number of hydrogen-bond acceptors (Lipinski definition) is 6. The number of nitrogens with one attached hydrogen (secondary N) is 2. The van der Waals surface area contributed by atoms with Gasteiger partial charge in [0.05, 0.1) is 24.1 Å². The summed E-state index contributed by atoms with van der Waals surface area (Å²) in [4.78, 5) is 17.7. The van der Waals surface area contributed by atoms with Crippen molar-refractivity contribution in [2.45, 2.75) is 25.8 Å². The number of piperidine rings is 1. The van der Waals surface area contributed by atoms with Crippen molar-refractivity contribution in [1.29, 1.82) is 0 Å². The van der Waals surface area contributed by atoms with E-state index in [4.69, 9.17) is 4.98 Å². The number of aromatic nitrogens is 5. The van der Waals surface area contributed by atoms with Gasteiger partial charge < -0.3 is 10.6 Å². The van der Waals surface area contributed by atoms with Crippen molar-refractivity contribution < 1.29 is 0 Å². The van der Waals surface area contributed by atoms with Crippen LogP contribution in [0.15, 0.2) is 31.0 Å². The van der Waals surface area contributed by atoms with Gasteiger partial charge in [0.25, 0.3) is 0 Å². The summed E-state index contributed by atoms with van der Waals surface area (Å²) in [7, 11) is 0. The van der Waals surface area contributed by atoms with E-state index in [2.05, 4.69) is 25.6 Å². The third kappa shape index (κ3) is 2.87. The lowest BCUT2D eigenvalue weighted by Crippen LogP contribution is -2.38. The van der Waals surface area contributed by atoms with Gasteiger partial charge in [-0.2, -0.15) is 0 Å². The van der Waals surface area contributed by atoms with Crippen LogP contribution in [0.2, 0.25) is 0 Å². The van der Waals surface area contributed by atoms with Gasteiger partial charge in [-0.1, -0.05) is 0 Å². The maximum atomic E-state index is 4.69. The molecule has 3 aromatic rings. The van der Waals surface area contributed by atoms with E-state index in [1.54, 1.807) is 24.9 Å². The fourth-order valence-corrected chi connectivity index (χ4v) is 2.92. The average Bonchev–Trinajstić information content (AvgIpc) is 2.99. The van der Waals surface area contributed by atoms with Crippen LogP contribution in [0.25, 0.3) is 16.9 Å². The number of imidazole rings is 1. The van der Waals surface area contributed by atoms with Gasteiger partial charge in [-0.05, 0) is 32.4 Å². The van der Waals surface area contributed by atoms with Crippen LogP contribution in [0.3, 0.4) is 0 Å². The summed E-state index contributed by atoms with van der Waals surface area (Å²) in [6.07, 6.45) is 9.40. The second kappa shape index (κ2) is 5.92. The Balaban J connectivity index is 1.65. The number of pyridine rings is 1. The zero-order chi connectivity index (χ0) is 15.6. The molecule has 0 aliphatic carbocycles. The van der Waals surface area contributed by atoms with Crippen molar-refractivity contribution in [2.24, 2.45) is 0 Å². The predicted octanol–water partition coefficient (Wildman–Crippen LogP) is 1.68. The first-order valence-electron chi connectivity index (χ1n) is 7.89. The Morgan fingerprint density at radius 1 is 1.26 bits per heavy atom. The van der Waals surface area contributed by atoms with Crippen LogP contribution in [0, 0.1) is 6.92 Å². The van der Waals surface area contributed by atoms with Gasteiger partial charge >= 0.3 is 0 Å². The summed E-state index contributed by atoms with van der Waals surface area (Å²) in [6.45, 7) is 4.03. The maximum Gasteiger partial charge on any atom is 0.159 e. The second-order valence-electron chi connectivity index (χ2n) is 5.88. The lowest BCUT2D eigenvalue weighted by atomic mass is 10.1. The van der Waals surface area contributed by atoms with Gasteiger partial charge in [-0.15, -0.1) is 0 Å². The molecule has 0 spiro atoms. The predicted molar refractivity (Wildman–Crippen MR) is 88.7 cm³/mol. The molecule has 7 nitrogen and oxygen atoms in total. The molecule has 0 radical (unpaired) electrons. The van der Waals surface area contributed by atoms with Gasteiger partial charge in [0.1, 0.15) is 17.7 Å². The monoisotopic (exact) mass is 309 g/mol. The van der Waals surface area contributed by atoms with E-state index < -0.39 is 0 Å². The molecule has 4 heterocycles. The Labute approximate surface area is 134 Å². The summed E-state index contributed by atoms with van der Waals surface area (Å²) in [5.74, 6) is 1.55. The molecular weight excluding hydrogens is 290 g/mol. The largest absolute Gasteiger partial charge is 0.365 e. The molecular formula is C16H19N7. The fraction of sp³-hybridized carbons (Fsp3) is 0.375. The molecule has 0 aromatic carbocycles. The molecule has 0 bridgehead atoms. The van der Waals surface area contributed by atoms with Crippen LogP contribution < -0.4 is 10.6 Å². The molecule has 7 heteroatoms. The molecule has 4 rings (SSSR count). The van der Waals surface area contributed by atoms with Crippen molar-refractivity contribution in [3.63, 3.8) is 0 Å². The van der Waals surface area contributed by atoms with Crippen LogP contribution in [-0.2, 0) is 0 Å². The van der Waals surface area contributed by atoms with Crippen LogP contribution in [0.4, 0.5) is 5.82 Å². The summed E-state index contributed by atoms with van der Waals surface area (Å²) in [5.41, 5.74) is 2.80. The van der Waals surface area contributed by atoms with Crippen molar-refractivity contribution in [3.8, 4) is 5.82 Å². The average molecular weight is 309 g/mol. The standard InChI is InChI=1S/C16H19N7/c1-11-5-14-13(7-19-11)20-10-23(14)16-9-18-8-15(22-16)21-12-3-2-4-17-6-12/h5,7-10,12,17H,2-4,6H2,1H3,(H,21,22)/t12-/m1/s1. The molecule has 0 amide bonds. The van der Waals surface area contributed by atoms with Crippen LogP contribution in [-0.4, -0.2) is 43.6 Å².